The highest BCUT2D eigenvalue weighted by Crippen LogP contribution is 2.31. The predicted molar refractivity (Wildman–Crippen MR) is 79.0 cm³/mol. The van der Waals surface area contributed by atoms with Crippen LogP contribution < -0.4 is 15.2 Å². The van der Waals surface area contributed by atoms with E-state index >= 15 is 0 Å². The van der Waals surface area contributed by atoms with Crippen molar-refractivity contribution in [1.29, 1.82) is 0 Å². The van der Waals surface area contributed by atoms with Gasteiger partial charge in [0.2, 0.25) is 5.82 Å². The monoisotopic (exact) mass is 306 g/mol. The number of benzene rings is 1. The van der Waals surface area contributed by atoms with Gasteiger partial charge in [0.15, 0.2) is 11.5 Å². The number of hydrogen-bond acceptors (Lipinski definition) is 7. The maximum atomic E-state index is 8.49. The summed E-state index contributed by atoms with van der Waals surface area (Å²) < 4.78 is 10.8. The second-order valence-electron chi connectivity index (χ2n) is 4.35. The average molecular weight is 306 g/mol. The van der Waals surface area contributed by atoms with Gasteiger partial charge in [-0.1, -0.05) is 5.16 Å². The Morgan fingerprint density at radius 1 is 1.41 bits per heavy atom. The first-order valence-electron chi connectivity index (χ1n) is 6.73. The number of nitrogens with two attached hydrogens (primary N) is 1. The third-order valence-corrected chi connectivity index (χ3v) is 2.87. The van der Waals surface area contributed by atoms with Crippen LogP contribution in [0.2, 0.25) is 0 Å². The van der Waals surface area contributed by atoms with Crippen molar-refractivity contribution in [2.24, 2.45) is 10.9 Å². The zero-order chi connectivity index (χ0) is 15.9. The quantitative estimate of drug-likeness (QED) is 0.337. The number of methoxy groups -OCH3 is 1. The third-order valence-electron chi connectivity index (χ3n) is 2.87. The fraction of sp³-hybridized carbons (Fsp3) is 0.385. The number of amidine groups is 1. The van der Waals surface area contributed by atoms with Gasteiger partial charge in [-0.25, -0.2) is 0 Å². The summed E-state index contributed by atoms with van der Waals surface area (Å²) >= 11 is 0. The summed E-state index contributed by atoms with van der Waals surface area (Å²) in [5.74, 6) is 1.84. The lowest BCUT2D eigenvalue weighted by molar-refractivity contribution is 0.311. The summed E-state index contributed by atoms with van der Waals surface area (Å²) in [5, 5.41) is 23.5. The lowest BCUT2D eigenvalue weighted by atomic mass is 10.2. The molecule has 1 aromatic carbocycles. The number of aryl methyl sites for hydroxylation is 1. The first kappa shape index (κ1) is 15.5. The van der Waals surface area contributed by atoms with Crippen molar-refractivity contribution in [3.8, 4) is 22.9 Å². The van der Waals surface area contributed by atoms with Crippen molar-refractivity contribution in [3.05, 3.63) is 18.2 Å². The molecule has 0 bridgehead atoms. The Labute approximate surface area is 127 Å². The Morgan fingerprint density at radius 2 is 2.23 bits per heavy atom. The van der Waals surface area contributed by atoms with Crippen LogP contribution in [-0.4, -0.2) is 45.0 Å². The van der Waals surface area contributed by atoms with Gasteiger partial charge in [-0.3, -0.25) is 0 Å². The lowest BCUT2D eigenvalue weighted by Crippen LogP contribution is -2.16. The van der Waals surface area contributed by atoms with Crippen LogP contribution in [0.1, 0.15) is 13.3 Å². The summed E-state index contributed by atoms with van der Waals surface area (Å²) in [4.78, 5) is 1.39. The van der Waals surface area contributed by atoms with E-state index in [1.165, 1.54) is 4.80 Å². The Bertz CT molecular complexity index is 655. The number of oxime groups is 1. The van der Waals surface area contributed by atoms with Gasteiger partial charge in [0.05, 0.1) is 20.3 Å². The Balaban J connectivity index is 2.16. The van der Waals surface area contributed by atoms with Crippen molar-refractivity contribution in [1.82, 2.24) is 20.2 Å². The topological polar surface area (TPSA) is 121 Å². The van der Waals surface area contributed by atoms with Gasteiger partial charge in [0.1, 0.15) is 5.84 Å². The second kappa shape index (κ2) is 7.25. The molecular weight excluding hydrogens is 288 g/mol. The molecule has 9 nitrogen and oxygen atoms in total. The third kappa shape index (κ3) is 3.62. The van der Waals surface area contributed by atoms with E-state index < -0.39 is 0 Å². The van der Waals surface area contributed by atoms with Crippen LogP contribution in [0.5, 0.6) is 11.5 Å². The fourth-order valence-electron chi connectivity index (χ4n) is 1.80. The highest BCUT2D eigenvalue weighted by Gasteiger charge is 2.11. The van der Waals surface area contributed by atoms with Gasteiger partial charge in [-0.15, -0.1) is 10.2 Å². The minimum absolute atomic E-state index is 0.113. The molecule has 0 radical (unpaired) electrons. The van der Waals surface area contributed by atoms with Crippen LogP contribution >= 0.6 is 0 Å². The number of hydrogen-bond donors (Lipinski definition) is 2. The summed E-state index contributed by atoms with van der Waals surface area (Å²) in [6, 6.07) is 5.42. The minimum Gasteiger partial charge on any atom is -0.493 e. The molecule has 0 spiro atoms. The van der Waals surface area contributed by atoms with Crippen LogP contribution in [-0.2, 0) is 6.54 Å². The molecule has 22 heavy (non-hydrogen) atoms. The van der Waals surface area contributed by atoms with Crippen LogP contribution in [0.25, 0.3) is 11.4 Å². The van der Waals surface area contributed by atoms with Gasteiger partial charge in [-0.05, 0) is 30.3 Å². The molecule has 2 aromatic rings. The van der Waals surface area contributed by atoms with E-state index in [4.69, 9.17) is 20.4 Å². The van der Waals surface area contributed by atoms with E-state index in [1.54, 1.807) is 19.2 Å². The van der Waals surface area contributed by atoms with Gasteiger partial charge in [0.25, 0.3) is 0 Å². The molecule has 0 saturated carbocycles. The van der Waals surface area contributed by atoms with Gasteiger partial charge >= 0.3 is 0 Å². The Morgan fingerprint density at radius 3 is 2.91 bits per heavy atom. The van der Waals surface area contributed by atoms with Crippen molar-refractivity contribution >= 4 is 5.84 Å². The summed E-state index contributed by atoms with van der Waals surface area (Å²) in [6.07, 6.45) is 0.332. The maximum absolute atomic E-state index is 8.49. The van der Waals surface area contributed by atoms with Crippen LogP contribution in [0, 0.1) is 0 Å². The normalized spacial score (nSPS) is 11.5. The van der Waals surface area contributed by atoms with Crippen LogP contribution in [0.4, 0.5) is 0 Å². The van der Waals surface area contributed by atoms with Crippen molar-refractivity contribution < 1.29 is 14.7 Å². The lowest BCUT2D eigenvalue weighted by Gasteiger charge is -2.09. The molecule has 1 aromatic heterocycles. The molecule has 118 valence electrons. The molecule has 2 rings (SSSR count). The number of nitrogens with zero attached hydrogens (tertiary/aromatic N) is 5. The highest BCUT2D eigenvalue weighted by molar-refractivity contribution is 5.79. The van der Waals surface area contributed by atoms with E-state index in [0.29, 0.717) is 36.9 Å². The molecule has 0 saturated heterocycles. The van der Waals surface area contributed by atoms with Crippen molar-refractivity contribution in [3.63, 3.8) is 0 Å². The zero-order valence-electron chi connectivity index (χ0n) is 12.4. The molecule has 0 fully saturated rings. The number of rotatable bonds is 7. The van der Waals surface area contributed by atoms with Crippen LogP contribution in [0.3, 0.4) is 0 Å². The van der Waals surface area contributed by atoms with Gasteiger partial charge in [0, 0.05) is 12.0 Å². The molecule has 0 aliphatic rings. The average Bonchev–Trinajstić information content (AvgIpc) is 3.02. The summed E-state index contributed by atoms with van der Waals surface area (Å²) in [7, 11) is 1.57. The fourth-order valence-corrected chi connectivity index (χ4v) is 1.80. The molecule has 0 atom stereocenters. The second-order valence-corrected chi connectivity index (χ2v) is 4.35. The van der Waals surface area contributed by atoms with E-state index in [-0.39, 0.29) is 5.84 Å². The molecule has 0 aliphatic heterocycles. The minimum atomic E-state index is 0.113. The van der Waals surface area contributed by atoms with E-state index in [0.717, 1.165) is 5.56 Å². The standard InChI is InChI=1S/C13H18N6O3/c1-3-22-10-5-4-9(8-11(10)21-2)13-15-18-19(16-13)7-6-12(14)17-20/h4-5,8,20H,3,6-7H2,1-2H3,(H2,14,17). The Kier molecular flexibility index (Phi) is 5.12. The van der Waals surface area contributed by atoms with Gasteiger partial charge in [-0.2, -0.15) is 4.80 Å². The molecule has 0 aliphatic carbocycles. The zero-order valence-corrected chi connectivity index (χ0v) is 12.4. The predicted octanol–water partition coefficient (Wildman–Crippen LogP) is 0.884. The summed E-state index contributed by atoms with van der Waals surface area (Å²) in [5.41, 5.74) is 6.16. The van der Waals surface area contributed by atoms with E-state index in [1.807, 2.05) is 13.0 Å². The molecular formula is C13H18N6O3. The molecule has 9 heteroatoms. The summed E-state index contributed by atoms with van der Waals surface area (Å²) in [6.45, 7) is 2.83. The number of tetrazole rings is 1. The largest absolute Gasteiger partial charge is 0.493 e. The SMILES string of the molecule is CCOc1ccc(-c2nnn(CCC(N)=NO)n2)cc1OC. The van der Waals surface area contributed by atoms with E-state index in [9.17, 15) is 0 Å². The van der Waals surface area contributed by atoms with Crippen molar-refractivity contribution in [2.45, 2.75) is 19.9 Å². The number of aromatic nitrogens is 4. The smallest absolute Gasteiger partial charge is 0.205 e. The molecule has 1 heterocycles. The first-order valence-corrected chi connectivity index (χ1v) is 6.73. The number of ether oxygens (including phenoxy) is 2. The molecule has 3 N–H and O–H groups in total. The highest BCUT2D eigenvalue weighted by atomic mass is 16.5. The molecule has 0 unspecified atom stereocenters. The Hall–Kier alpha value is -2.84. The van der Waals surface area contributed by atoms with Gasteiger partial charge < -0.3 is 20.4 Å². The van der Waals surface area contributed by atoms with Crippen molar-refractivity contribution in [2.75, 3.05) is 13.7 Å². The van der Waals surface area contributed by atoms with Crippen LogP contribution in [0.15, 0.2) is 23.4 Å². The maximum Gasteiger partial charge on any atom is 0.205 e. The first-order chi connectivity index (χ1) is 10.7. The molecule has 0 amide bonds. The van der Waals surface area contributed by atoms with E-state index in [2.05, 4.69) is 20.6 Å².